The van der Waals surface area contributed by atoms with Gasteiger partial charge in [-0.05, 0) is 60.3 Å². The van der Waals surface area contributed by atoms with Crippen molar-refractivity contribution in [2.45, 2.75) is 58.3 Å². The number of nitrogens with one attached hydrogen (secondary N) is 1. The van der Waals surface area contributed by atoms with Crippen LogP contribution in [0.5, 0.6) is 0 Å². The van der Waals surface area contributed by atoms with Gasteiger partial charge in [-0.15, -0.1) is 0 Å². The average molecular weight is 293 g/mol. The SMILES string of the molecule is C1CCNCC1.CCCCCCc1ccc([N+](=O)[O-])nc1. The minimum atomic E-state index is -0.471. The number of nitrogens with zero attached hydrogens (tertiary/aromatic N) is 2. The Bertz CT molecular complexity index is 378. The van der Waals surface area contributed by atoms with Crippen LogP contribution in [0.25, 0.3) is 0 Å². The molecule has 1 fully saturated rings. The number of hydrogen-bond donors (Lipinski definition) is 1. The minimum absolute atomic E-state index is 0.0766. The molecule has 0 unspecified atom stereocenters. The summed E-state index contributed by atoms with van der Waals surface area (Å²) < 4.78 is 0. The topological polar surface area (TPSA) is 68.1 Å². The van der Waals surface area contributed by atoms with Crippen LogP contribution in [-0.4, -0.2) is 23.0 Å². The first kappa shape index (κ1) is 17.6. The zero-order chi connectivity index (χ0) is 15.3. The number of aromatic nitrogens is 1. The molecule has 1 aliphatic rings. The summed E-state index contributed by atoms with van der Waals surface area (Å²) in [6.07, 6.45) is 11.6. The van der Waals surface area contributed by atoms with Gasteiger partial charge in [-0.2, -0.15) is 0 Å². The van der Waals surface area contributed by atoms with Crippen molar-refractivity contribution in [1.82, 2.24) is 10.3 Å². The maximum absolute atomic E-state index is 10.4. The highest BCUT2D eigenvalue weighted by Gasteiger charge is 2.05. The molecule has 5 nitrogen and oxygen atoms in total. The Kier molecular flexibility index (Phi) is 9.37. The van der Waals surface area contributed by atoms with E-state index in [0.29, 0.717) is 0 Å². The molecule has 1 N–H and O–H groups in total. The third kappa shape index (κ3) is 8.40. The van der Waals surface area contributed by atoms with E-state index in [0.717, 1.165) is 18.4 Å². The summed E-state index contributed by atoms with van der Waals surface area (Å²) in [7, 11) is 0. The van der Waals surface area contributed by atoms with Gasteiger partial charge in [0.15, 0.2) is 0 Å². The molecular formula is C16H27N3O2. The van der Waals surface area contributed by atoms with E-state index in [9.17, 15) is 10.1 Å². The van der Waals surface area contributed by atoms with Crippen LogP contribution in [0.3, 0.4) is 0 Å². The van der Waals surface area contributed by atoms with Crippen LogP contribution >= 0.6 is 0 Å². The third-order valence-corrected chi connectivity index (χ3v) is 3.52. The Morgan fingerprint density at radius 2 is 1.95 bits per heavy atom. The van der Waals surface area contributed by atoms with Gasteiger partial charge in [-0.3, -0.25) is 0 Å². The second kappa shape index (κ2) is 11.2. The first-order valence-corrected chi connectivity index (χ1v) is 8.04. The molecule has 0 bridgehead atoms. The number of nitro groups is 1. The van der Waals surface area contributed by atoms with E-state index < -0.39 is 4.92 Å². The normalized spacial score (nSPS) is 14.1. The molecule has 0 saturated carbocycles. The Hall–Kier alpha value is -1.49. The maximum atomic E-state index is 10.4. The number of unbranched alkanes of at least 4 members (excludes halogenated alkanes) is 3. The van der Waals surface area contributed by atoms with Crippen molar-refractivity contribution in [2.75, 3.05) is 13.1 Å². The number of piperidine rings is 1. The van der Waals surface area contributed by atoms with E-state index in [1.165, 1.54) is 57.7 Å². The Balaban J connectivity index is 0.000000304. The predicted octanol–water partition coefficient (Wildman–Crippen LogP) is 3.87. The van der Waals surface area contributed by atoms with Crippen LogP contribution in [0, 0.1) is 10.1 Å². The van der Waals surface area contributed by atoms with E-state index in [2.05, 4.69) is 17.2 Å². The number of hydrogen-bond acceptors (Lipinski definition) is 4. The molecule has 2 rings (SSSR count). The lowest BCUT2D eigenvalue weighted by Crippen LogP contribution is -2.21. The molecule has 21 heavy (non-hydrogen) atoms. The molecule has 2 heterocycles. The molecule has 0 spiro atoms. The van der Waals surface area contributed by atoms with Gasteiger partial charge in [-0.1, -0.05) is 32.6 Å². The molecule has 1 aromatic heterocycles. The van der Waals surface area contributed by atoms with E-state index in [1.807, 2.05) is 0 Å². The molecule has 0 aliphatic carbocycles. The van der Waals surface area contributed by atoms with Gasteiger partial charge in [0.2, 0.25) is 0 Å². The van der Waals surface area contributed by atoms with Crippen molar-refractivity contribution in [3.63, 3.8) is 0 Å². The van der Waals surface area contributed by atoms with Gasteiger partial charge in [0, 0.05) is 6.07 Å². The van der Waals surface area contributed by atoms with Crippen LogP contribution in [-0.2, 0) is 6.42 Å². The van der Waals surface area contributed by atoms with Crippen LogP contribution in [0.4, 0.5) is 5.82 Å². The summed E-state index contributed by atoms with van der Waals surface area (Å²) in [5.74, 6) is -0.0766. The molecule has 1 aliphatic heterocycles. The molecule has 1 saturated heterocycles. The van der Waals surface area contributed by atoms with Gasteiger partial charge >= 0.3 is 5.82 Å². The molecule has 0 amide bonds. The Labute approximate surface area is 127 Å². The van der Waals surface area contributed by atoms with Crippen LogP contribution in [0.1, 0.15) is 57.4 Å². The smallest absolute Gasteiger partial charge is 0.358 e. The predicted molar refractivity (Wildman–Crippen MR) is 85.5 cm³/mol. The highest BCUT2D eigenvalue weighted by molar-refractivity contribution is 5.22. The van der Waals surface area contributed by atoms with Gasteiger partial charge < -0.3 is 15.4 Å². The van der Waals surface area contributed by atoms with Crippen LogP contribution in [0.15, 0.2) is 18.3 Å². The van der Waals surface area contributed by atoms with Crippen molar-refractivity contribution >= 4 is 5.82 Å². The van der Waals surface area contributed by atoms with Gasteiger partial charge in [0.05, 0.1) is 0 Å². The van der Waals surface area contributed by atoms with Gasteiger partial charge in [0.25, 0.3) is 0 Å². The fourth-order valence-electron chi connectivity index (χ4n) is 2.23. The fraction of sp³-hybridized carbons (Fsp3) is 0.688. The zero-order valence-electron chi connectivity index (χ0n) is 13.0. The van der Waals surface area contributed by atoms with Gasteiger partial charge in [0.1, 0.15) is 6.20 Å². The summed E-state index contributed by atoms with van der Waals surface area (Å²) in [5.41, 5.74) is 1.08. The lowest BCUT2D eigenvalue weighted by molar-refractivity contribution is -0.389. The van der Waals surface area contributed by atoms with Crippen LogP contribution in [0.2, 0.25) is 0 Å². The van der Waals surface area contributed by atoms with Crippen molar-refractivity contribution in [3.05, 3.63) is 34.0 Å². The van der Waals surface area contributed by atoms with E-state index >= 15 is 0 Å². The average Bonchev–Trinajstić information content (AvgIpc) is 2.54. The summed E-state index contributed by atoms with van der Waals surface area (Å²) in [6, 6.07) is 3.26. The molecule has 0 atom stereocenters. The van der Waals surface area contributed by atoms with Crippen LogP contribution < -0.4 is 5.32 Å². The highest BCUT2D eigenvalue weighted by Crippen LogP contribution is 2.10. The van der Waals surface area contributed by atoms with E-state index in [-0.39, 0.29) is 5.82 Å². The quantitative estimate of drug-likeness (QED) is 0.491. The number of pyridine rings is 1. The monoisotopic (exact) mass is 293 g/mol. The van der Waals surface area contributed by atoms with Crippen molar-refractivity contribution < 1.29 is 4.92 Å². The summed E-state index contributed by atoms with van der Waals surface area (Å²) in [4.78, 5) is 13.7. The molecule has 5 heteroatoms. The molecule has 0 aromatic carbocycles. The highest BCUT2D eigenvalue weighted by atomic mass is 16.6. The molecular weight excluding hydrogens is 266 g/mol. The van der Waals surface area contributed by atoms with Crippen molar-refractivity contribution in [1.29, 1.82) is 0 Å². The fourth-order valence-corrected chi connectivity index (χ4v) is 2.23. The minimum Gasteiger partial charge on any atom is -0.358 e. The summed E-state index contributed by atoms with van der Waals surface area (Å²) >= 11 is 0. The molecule has 118 valence electrons. The maximum Gasteiger partial charge on any atom is 0.363 e. The lowest BCUT2D eigenvalue weighted by atomic mass is 10.1. The van der Waals surface area contributed by atoms with E-state index in [4.69, 9.17) is 0 Å². The molecule has 1 aromatic rings. The lowest BCUT2D eigenvalue weighted by Gasteiger charge is -2.08. The Morgan fingerprint density at radius 3 is 2.38 bits per heavy atom. The standard InChI is InChI=1S/C11H16N2O2.C5H11N/c1-2-3-4-5-6-10-7-8-11(12-9-10)13(14)15;1-2-4-6-5-3-1/h7-9H,2-6H2,1H3;6H,1-5H2. The second-order valence-corrected chi connectivity index (χ2v) is 5.40. The first-order valence-electron chi connectivity index (χ1n) is 8.04. The second-order valence-electron chi connectivity index (χ2n) is 5.40. The van der Waals surface area contributed by atoms with Crippen molar-refractivity contribution in [2.24, 2.45) is 0 Å². The summed E-state index contributed by atoms with van der Waals surface area (Å²) in [6.45, 7) is 4.67. The first-order chi connectivity index (χ1) is 10.2. The van der Waals surface area contributed by atoms with Crippen molar-refractivity contribution in [3.8, 4) is 0 Å². The zero-order valence-corrected chi connectivity index (χ0v) is 13.0. The Morgan fingerprint density at radius 1 is 1.19 bits per heavy atom. The third-order valence-electron chi connectivity index (χ3n) is 3.52. The molecule has 0 radical (unpaired) electrons. The number of aryl methyl sites for hydroxylation is 1. The van der Waals surface area contributed by atoms with Gasteiger partial charge in [-0.25, -0.2) is 0 Å². The largest absolute Gasteiger partial charge is 0.363 e. The van der Waals surface area contributed by atoms with E-state index in [1.54, 1.807) is 12.3 Å². The summed E-state index contributed by atoms with van der Waals surface area (Å²) in [5, 5.41) is 13.6. The number of rotatable bonds is 6.